The average molecular weight is 243 g/mol. The molecule has 1 saturated heterocycles. The summed E-state index contributed by atoms with van der Waals surface area (Å²) in [5.41, 5.74) is 0. The second-order valence-corrected chi connectivity index (χ2v) is 3.93. The Bertz CT molecular complexity index is 332. The van der Waals surface area contributed by atoms with E-state index < -0.39 is 12.0 Å². The highest BCUT2D eigenvalue weighted by Gasteiger charge is 2.31. The van der Waals surface area contributed by atoms with Gasteiger partial charge in [0.25, 0.3) is 0 Å². The molecule has 1 N–H and O–H groups in total. The first-order valence-electron chi connectivity index (χ1n) is 5.30. The molecule has 7 heteroatoms. The highest BCUT2D eigenvalue weighted by molar-refractivity contribution is 5.84. The summed E-state index contributed by atoms with van der Waals surface area (Å²) in [7, 11) is 2.93. The van der Waals surface area contributed by atoms with Crippen LogP contribution >= 0.6 is 0 Å². The molecule has 0 aliphatic carbocycles. The molecule has 17 heavy (non-hydrogen) atoms. The van der Waals surface area contributed by atoms with Crippen LogP contribution in [0.2, 0.25) is 0 Å². The van der Waals surface area contributed by atoms with Crippen molar-refractivity contribution < 1.29 is 19.1 Å². The molecule has 7 nitrogen and oxygen atoms in total. The predicted molar refractivity (Wildman–Crippen MR) is 59.2 cm³/mol. The molecule has 0 saturated carbocycles. The Morgan fingerprint density at radius 3 is 2.53 bits per heavy atom. The van der Waals surface area contributed by atoms with Gasteiger partial charge in [-0.3, -0.25) is 4.79 Å². The van der Waals surface area contributed by atoms with E-state index in [0.717, 1.165) is 0 Å². The number of methoxy groups -OCH3 is 1. The van der Waals surface area contributed by atoms with Crippen LogP contribution in [0.15, 0.2) is 0 Å². The van der Waals surface area contributed by atoms with Gasteiger partial charge in [-0.2, -0.15) is 0 Å². The molecule has 1 aliphatic heterocycles. The summed E-state index contributed by atoms with van der Waals surface area (Å²) in [6, 6.07) is -0.961. The van der Waals surface area contributed by atoms with Gasteiger partial charge in [0.05, 0.1) is 13.7 Å². The monoisotopic (exact) mass is 243 g/mol. The van der Waals surface area contributed by atoms with Crippen LogP contribution in [-0.4, -0.2) is 67.5 Å². The van der Waals surface area contributed by atoms with E-state index in [-0.39, 0.29) is 18.5 Å². The second kappa shape index (κ2) is 5.51. The first-order valence-corrected chi connectivity index (χ1v) is 5.30. The van der Waals surface area contributed by atoms with Crippen molar-refractivity contribution in [2.45, 2.75) is 13.0 Å². The summed E-state index contributed by atoms with van der Waals surface area (Å²) in [4.78, 5) is 37.1. The summed E-state index contributed by atoms with van der Waals surface area (Å²) >= 11 is 0. The minimum Gasteiger partial charge on any atom is -0.467 e. The average Bonchev–Trinajstić information content (AvgIpc) is 2.58. The molecule has 0 bridgehead atoms. The minimum absolute atomic E-state index is 0.134. The van der Waals surface area contributed by atoms with Crippen LogP contribution in [0.3, 0.4) is 0 Å². The number of likely N-dealkylation sites (N-methyl/N-ethyl adjacent to an activating group) is 1. The van der Waals surface area contributed by atoms with Gasteiger partial charge in [-0.25, -0.2) is 9.59 Å². The molecule has 1 rings (SSSR count). The van der Waals surface area contributed by atoms with E-state index in [0.29, 0.717) is 13.1 Å². The van der Waals surface area contributed by atoms with Gasteiger partial charge in [0, 0.05) is 27.1 Å². The van der Waals surface area contributed by atoms with Crippen LogP contribution in [0.1, 0.15) is 6.92 Å². The van der Waals surface area contributed by atoms with Crippen molar-refractivity contribution >= 4 is 17.9 Å². The number of carbonyl (C=O) groups is 3. The molecule has 0 aromatic rings. The molecule has 1 atom stereocenters. The third kappa shape index (κ3) is 3.33. The number of urea groups is 1. The van der Waals surface area contributed by atoms with Crippen molar-refractivity contribution in [2.75, 3.05) is 33.8 Å². The third-order valence-electron chi connectivity index (χ3n) is 2.57. The van der Waals surface area contributed by atoms with E-state index in [1.165, 1.54) is 18.9 Å². The number of nitrogens with zero attached hydrogens (tertiary/aromatic N) is 2. The van der Waals surface area contributed by atoms with Gasteiger partial charge in [-0.1, -0.05) is 0 Å². The Balaban J connectivity index is 2.63. The number of esters is 1. The molecule has 0 spiro atoms. The smallest absolute Gasteiger partial charge is 0.330 e. The fourth-order valence-corrected chi connectivity index (χ4v) is 1.66. The molecule has 1 unspecified atom stereocenters. The number of rotatable bonds is 4. The fraction of sp³-hybridized carbons (Fsp3) is 0.700. The van der Waals surface area contributed by atoms with Gasteiger partial charge in [-0.05, 0) is 0 Å². The van der Waals surface area contributed by atoms with Crippen molar-refractivity contribution in [1.82, 2.24) is 15.1 Å². The Morgan fingerprint density at radius 2 is 2.12 bits per heavy atom. The maximum Gasteiger partial charge on any atom is 0.330 e. The molecule has 96 valence electrons. The van der Waals surface area contributed by atoms with Crippen LogP contribution < -0.4 is 5.32 Å². The molecule has 1 heterocycles. The topological polar surface area (TPSA) is 79.0 Å². The second-order valence-electron chi connectivity index (χ2n) is 3.93. The van der Waals surface area contributed by atoms with E-state index in [1.54, 1.807) is 11.9 Å². The van der Waals surface area contributed by atoms with Gasteiger partial charge in [0.1, 0.15) is 6.04 Å². The first kappa shape index (κ1) is 13.3. The van der Waals surface area contributed by atoms with Crippen molar-refractivity contribution in [3.05, 3.63) is 0 Å². The summed E-state index contributed by atoms with van der Waals surface area (Å²) in [6.07, 6.45) is 0. The van der Waals surface area contributed by atoms with Gasteiger partial charge in [-0.15, -0.1) is 0 Å². The zero-order valence-electron chi connectivity index (χ0n) is 10.2. The number of amides is 3. The summed E-state index contributed by atoms with van der Waals surface area (Å²) in [5, 5.41) is 2.47. The summed E-state index contributed by atoms with van der Waals surface area (Å²) < 4.78 is 4.58. The van der Waals surface area contributed by atoms with E-state index in [1.807, 2.05) is 0 Å². The quantitative estimate of drug-likeness (QED) is 0.644. The molecular formula is C10H17N3O4. The lowest BCUT2D eigenvalue weighted by atomic mass is 10.2. The highest BCUT2D eigenvalue weighted by atomic mass is 16.5. The van der Waals surface area contributed by atoms with E-state index in [9.17, 15) is 14.4 Å². The highest BCUT2D eigenvalue weighted by Crippen LogP contribution is 2.07. The molecule has 1 aliphatic rings. The fourth-order valence-electron chi connectivity index (χ4n) is 1.66. The van der Waals surface area contributed by atoms with Crippen LogP contribution in [0.4, 0.5) is 4.79 Å². The van der Waals surface area contributed by atoms with Crippen LogP contribution in [0.5, 0.6) is 0 Å². The number of ether oxygens (including phenoxy) is 1. The van der Waals surface area contributed by atoms with E-state index in [2.05, 4.69) is 10.1 Å². The molecule has 3 amide bonds. The van der Waals surface area contributed by atoms with Gasteiger partial charge < -0.3 is 19.9 Å². The van der Waals surface area contributed by atoms with Gasteiger partial charge in [0.15, 0.2) is 0 Å². The van der Waals surface area contributed by atoms with Crippen molar-refractivity contribution in [1.29, 1.82) is 0 Å². The van der Waals surface area contributed by atoms with Crippen LogP contribution in [-0.2, 0) is 14.3 Å². The van der Waals surface area contributed by atoms with Crippen molar-refractivity contribution in [2.24, 2.45) is 0 Å². The van der Waals surface area contributed by atoms with Gasteiger partial charge >= 0.3 is 12.0 Å². The summed E-state index contributed by atoms with van der Waals surface area (Å²) in [5.74, 6) is -0.886. The molecule has 1 fully saturated rings. The number of nitrogens with one attached hydrogen (secondary N) is 1. The largest absolute Gasteiger partial charge is 0.467 e. The molecule has 0 aromatic carbocycles. The summed E-state index contributed by atoms with van der Waals surface area (Å²) in [6.45, 7) is 2.61. The lowest BCUT2D eigenvalue weighted by Crippen LogP contribution is -2.49. The Labute approximate surface area is 99.7 Å². The third-order valence-corrected chi connectivity index (χ3v) is 2.57. The Kier molecular flexibility index (Phi) is 4.30. The van der Waals surface area contributed by atoms with Crippen LogP contribution in [0, 0.1) is 0 Å². The zero-order valence-corrected chi connectivity index (χ0v) is 10.2. The Morgan fingerprint density at radius 1 is 1.47 bits per heavy atom. The normalized spacial score (nSPS) is 17.0. The zero-order chi connectivity index (χ0) is 13.0. The lowest BCUT2D eigenvalue weighted by molar-refractivity contribution is -0.145. The SMILES string of the molecule is COC(=O)C(CN1CCN(C)C1=O)NC(C)=O. The molecule has 0 aromatic heterocycles. The predicted octanol–water partition coefficient (Wildman–Crippen LogP) is -0.968. The molecule has 0 radical (unpaired) electrons. The maximum absolute atomic E-state index is 11.6. The Hall–Kier alpha value is -1.79. The van der Waals surface area contributed by atoms with Gasteiger partial charge in [0.2, 0.25) is 5.91 Å². The first-order chi connectivity index (χ1) is 7.95. The standard InChI is InChI=1S/C10H17N3O4/c1-7(14)11-8(9(15)17-3)6-13-5-4-12(2)10(13)16/h8H,4-6H2,1-3H3,(H,11,14). The maximum atomic E-state index is 11.6. The number of hydrogen-bond donors (Lipinski definition) is 1. The number of hydrogen-bond acceptors (Lipinski definition) is 4. The van der Waals surface area contributed by atoms with E-state index >= 15 is 0 Å². The van der Waals surface area contributed by atoms with Crippen LogP contribution in [0.25, 0.3) is 0 Å². The van der Waals surface area contributed by atoms with E-state index in [4.69, 9.17) is 0 Å². The van der Waals surface area contributed by atoms with Crippen molar-refractivity contribution in [3.63, 3.8) is 0 Å². The lowest BCUT2D eigenvalue weighted by Gasteiger charge is -2.22. The van der Waals surface area contributed by atoms with Crippen molar-refractivity contribution in [3.8, 4) is 0 Å². The number of carbonyl (C=O) groups excluding carboxylic acids is 3. The molecular weight excluding hydrogens is 226 g/mol. The minimum atomic E-state index is -0.812.